The number of aryl methyl sites for hydroxylation is 1. The smallest absolute Gasteiger partial charge is 0.321 e. The highest BCUT2D eigenvalue weighted by Gasteiger charge is 2.29. The molecule has 168 valence electrons. The van der Waals surface area contributed by atoms with Crippen molar-refractivity contribution < 1.29 is 18.0 Å². The Bertz CT molecular complexity index is 1310. The van der Waals surface area contributed by atoms with Gasteiger partial charge in [0.2, 0.25) is 15.0 Å². The van der Waals surface area contributed by atoms with E-state index in [9.17, 15) is 18.0 Å². The van der Waals surface area contributed by atoms with Crippen molar-refractivity contribution in [1.82, 2.24) is 19.2 Å². The number of rotatable bonds is 3. The first-order chi connectivity index (χ1) is 15.1. The van der Waals surface area contributed by atoms with Crippen molar-refractivity contribution in [3.63, 3.8) is 0 Å². The summed E-state index contributed by atoms with van der Waals surface area (Å²) in [6.07, 6.45) is 2.62. The molecule has 0 bridgehead atoms. The van der Waals surface area contributed by atoms with Crippen molar-refractivity contribution in [2.24, 2.45) is 0 Å². The van der Waals surface area contributed by atoms with Crippen molar-refractivity contribution >= 4 is 44.6 Å². The summed E-state index contributed by atoms with van der Waals surface area (Å²) in [6, 6.07) is 10.1. The molecule has 0 unspecified atom stereocenters. The number of benzene rings is 1. The lowest BCUT2D eigenvalue weighted by molar-refractivity contribution is 0.0668. The van der Waals surface area contributed by atoms with E-state index in [1.54, 1.807) is 46.3 Å². The number of nitrogens with one attached hydrogen (secondary N) is 1. The molecule has 0 saturated carbocycles. The highest BCUT2D eigenvalue weighted by atomic mass is 35.5. The van der Waals surface area contributed by atoms with Crippen LogP contribution in [-0.2, 0) is 9.84 Å². The Hall–Kier alpha value is -3.11. The van der Waals surface area contributed by atoms with Gasteiger partial charge in [-0.15, -0.1) is 0 Å². The van der Waals surface area contributed by atoms with Gasteiger partial charge in [0.1, 0.15) is 0 Å². The lowest BCUT2D eigenvalue weighted by Crippen LogP contribution is -2.51. The van der Waals surface area contributed by atoms with Gasteiger partial charge < -0.3 is 15.1 Å². The van der Waals surface area contributed by atoms with E-state index in [0.717, 1.165) is 11.8 Å². The van der Waals surface area contributed by atoms with Gasteiger partial charge in [-0.2, -0.15) is 0 Å². The first-order valence-corrected chi connectivity index (χ1v) is 12.2. The molecular formula is C21H22ClN5O4S. The molecule has 1 fully saturated rings. The van der Waals surface area contributed by atoms with E-state index in [4.69, 9.17) is 11.6 Å². The van der Waals surface area contributed by atoms with Crippen LogP contribution >= 0.6 is 11.6 Å². The fourth-order valence-corrected chi connectivity index (χ4v) is 4.52. The molecule has 1 saturated heterocycles. The van der Waals surface area contributed by atoms with Crippen LogP contribution < -0.4 is 5.32 Å². The molecule has 0 aliphatic carbocycles. The van der Waals surface area contributed by atoms with E-state index in [1.807, 2.05) is 13.0 Å². The molecule has 1 N–H and O–H groups in total. The molecule has 1 aliphatic rings. The van der Waals surface area contributed by atoms with Gasteiger partial charge in [0.05, 0.1) is 5.52 Å². The molecule has 3 amide bonds. The van der Waals surface area contributed by atoms with Gasteiger partial charge in [0, 0.05) is 49.3 Å². The zero-order valence-corrected chi connectivity index (χ0v) is 19.2. The maximum Gasteiger partial charge on any atom is 0.321 e. The molecular weight excluding hydrogens is 454 g/mol. The van der Waals surface area contributed by atoms with Crippen LogP contribution in [0.1, 0.15) is 16.1 Å². The van der Waals surface area contributed by atoms with Crippen molar-refractivity contribution in [1.29, 1.82) is 0 Å². The number of piperazine rings is 1. The monoisotopic (exact) mass is 475 g/mol. The second kappa shape index (κ2) is 8.44. The highest BCUT2D eigenvalue weighted by molar-refractivity contribution is 7.90. The molecule has 9 nitrogen and oxygen atoms in total. The minimum absolute atomic E-state index is 0.0817. The van der Waals surface area contributed by atoms with Crippen molar-refractivity contribution in [2.75, 3.05) is 37.8 Å². The molecule has 0 atom stereocenters. The van der Waals surface area contributed by atoms with E-state index in [2.05, 4.69) is 10.3 Å². The number of aromatic nitrogens is 2. The molecule has 1 aliphatic heterocycles. The number of imidazole rings is 1. The minimum Gasteiger partial charge on any atom is -0.334 e. The van der Waals surface area contributed by atoms with Gasteiger partial charge in [-0.3, -0.25) is 9.20 Å². The number of anilines is 1. The quantitative estimate of drug-likeness (QED) is 0.627. The topological polar surface area (TPSA) is 104 Å². The van der Waals surface area contributed by atoms with E-state index in [0.29, 0.717) is 42.4 Å². The van der Waals surface area contributed by atoms with Gasteiger partial charge in [0.25, 0.3) is 5.91 Å². The Morgan fingerprint density at radius 1 is 1.06 bits per heavy atom. The predicted octanol–water partition coefficient (Wildman–Crippen LogP) is 2.69. The third-order valence-corrected chi connectivity index (χ3v) is 6.69. The van der Waals surface area contributed by atoms with Crippen LogP contribution in [-0.4, -0.2) is 72.0 Å². The zero-order chi connectivity index (χ0) is 23.0. The molecule has 11 heteroatoms. The lowest BCUT2D eigenvalue weighted by atomic mass is 10.2. The summed E-state index contributed by atoms with van der Waals surface area (Å²) in [5, 5.41) is 3.21. The molecule has 3 heterocycles. The Labute approximate surface area is 190 Å². The number of nitrogens with zero attached hydrogens (tertiary/aromatic N) is 4. The number of halogens is 1. The standard InChI is InChI=1S/C21H22ClN5O4S/c1-14-6-7-15(13-16(14)22)23-20(29)26-11-9-25(10-12-26)19(28)18-17-5-3-4-8-27(17)21(24-18)32(2,30)31/h3-8,13H,9-12H2,1-2H3,(H,23,29). The minimum atomic E-state index is -3.62. The second-order valence-corrected chi connectivity index (χ2v) is 9.96. The SMILES string of the molecule is Cc1ccc(NC(=O)N2CCN(C(=O)c3nc(S(C)(=O)=O)n4ccccc34)CC2)cc1Cl. The largest absolute Gasteiger partial charge is 0.334 e. The fraction of sp³-hybridized carbons (Fsp3) is 0.286. The van der Waals surface area contributed by atoms with E-state index < -0.39 is 9.84 Å². The molecule has 1 aromatic carbocycles. The summed E-state index contributed by atoms with van der Waals surface area (Å²) < 4.78 is 25.6. The van der Waals surface area contributed by atoms with Crippen molar-refractivity contribution in [3.8, 4) is 0 Å². The van der Waals surface area contributed by atoms with Crippen LogP contribution in [0.2, 0.25) is 5.02 Å². The second-order valence-electron chi connectivity index (χ2n) is 7.64. The molecule has 0 radical (unpaired) electrons. The number of pyridine rings is 1. The van der Waals surface area contributed by atoms with Gasteiger partial charge in [-0.1, -0.05) is 23.7 Å². The molecule has 0 spiro atoms. The van der Waals surface area contributed by atoms with Crippen molar-refractivity contribution in [2.45, 2.75) is 12.1 Å². The molecule has 3 aromatic rings. The third-order valence-electron chi connectivity index (χ3n) is 5.33. The summed E-state index contributed by atoms with van der Waals surface area (Å²) in [6.45, 7) is 3.16. The van der Waals surface area contributed by atoms with Crippen LogP contribution in [0.15, 0.2) is 47.8 Å². The first-order valence-electron chi connectivity index (χ1n) is 9.93. The number of carbonyl (C=O) groups excluding carboxylic acids is 2. The summed E-state index contributed by atoms with van der Waals surface area (Å²) >= 11 is 6.11. The van der Waals surface area contributed by atoms with Crippen LogP contribution in [0.4, 0.5) is 10.5 Å². The van der Waals surface area contributed by atoms with Crippen LogP contribution in [0.25, 0.3) is 5.52 Å². The Morgan fingerprint density at radius 3 is 2.41 bits per heavy atom. The molecule has 4 rings (SSSR count). The van der Waals surface area contributed by atoms with Gasteiger partial charge in [0.15, 0.2) is 5.69 Å². The van der Waals surface area contributed by atoms with E-state index in [-0.39, 0.29) is 22.8 Å². The lowest BCUT2D eigenvalue weighted by Gasteiger charge is -2.34. The summed E-state index contributed by atoms with van der Waals surface area (Å²) in [5.41, 5.74) is 2.03. The number of urea groups is 1. The average Bonchev–Trinajstić information content (AvgIpc) is 3.16. The summed E-state index contributed by atoms with van der Waals surface area (Å²) in [4.78, 5) is 33.0. The normalized spacial score (nSPS) is 14.6. The number of hydrogen-bond donors (Lipinski definition) is 1. The number of hydrogen-bond acceptors (Lipinski definition) is 5. The van der Waals surface area contributed by atoms with Crippen LogP contribution in [0.3, 0.4) is 0 Å². The maximum atomic E-state index is 13.1. The Balaban J connectivity index is 1.46. The maximum absolute atomic E-state index is 13.1. The first kappa shape index (κ1) is 22.1. The zero-order valence-electron chi connectivity index (χ0n) is 17.6. The predicted molar refractivity (Wildman–Crippen MR) is 121 cm³/mol. The van der Waals surface area contributed by atoms with Gasteiger partial charge >= 0.3 is 6.03 Å². The summed E-state index contributed by atoms with van der Waals surface area (Å²) in [7, 11) is -3.62. The number of fused-ring (bicyclic) bond motifs is 1. The third kappa shape index (κ3) is 4.28. The van der Waals surface area contributed by atoms with Gasteiger partial charge in [-0.05, 0) is 36.8 Å². The highest BCUT2D eigenvalue weighted by Crippen LogP contribution is 2.21. The number of sulfone groups is 1. The average molecular weight is 476 g/mol. The van der Waals surface area contributed by atoms with Gasteiger partial charge in [-0.25, -0.2) is 18.2 Å². The van der Waals surface area contributed by atoms with Crippen LogP contribution in [0, 0.1) is 6.92 Å². The number of amides is 3. The molecule has 2 aromatic heterocycles. The number of carbonyl (C=O) groups is 2. The van der Waals surface area contributed by atoms with Crippen LogP contribution in [0.5, 0.6) is 0 Å². The Kier molecular flexibility index (Phi) is 5.83. The van der Waals surface area contributed by atoms with E-state index in [1.165, 1.54) is 4.40 Å². The summed E-state index contributed by atoms with van der Waals surface area (Å²) in [5.74, 6) is -0.367. The Morgan fingerprint density at radius 2 is 1.75 bits per heavy atom. The fourth-order valence-electron chi connectivity index (χ4n) is 3.56. The van der Waals surface area contributed by atoms with Crippen molar-refractivity contribution in [3.05, 3.63) is 58.9 Å². The van der Waals surface area contributed by atoms with E-state index >= 15 is 0 Å². The molecule has 32 heavy (non-hydrogen) atoms.